The maximum absolute atomic E-state index is 15.0. The minimum Gasteiger partial charge on any atom is -0.348 e. The quantitative estimate of drug-likeness (QED) is 0.247. The minimum absolute atomic E-state index is 0.126. The van der Waals surface area contributed by atoms with Gasteiger partial charge in [0.1, 0.15) is 11.6 Å². The second-order valence-corrected chi connectivity index (χ2v) is 11.4. The van der Waals surface area contributed by atoms with Crippen LogP contribution in [-0.2, 0) is 9.47 Å². The number of rotatable bonds is 8. The average molecular weight is 529 g/mol. The van der Waals surface area contributed by atoms with Crippen LogP contribution < -0.4 is 0 Å². The molecule has 1 aromatic carbocycles. The Hall–Kier alpha value is -1.47. The van der Waals surface area contributed by atoms with Crippen LogP contribution in [0.2, 0.25) is 0 Å². The largest absolute Gasteiger partial charge is 0.412 e. The Kier molecular flexibility index (Phi) is 10.1. The number of halogens is 5. The Balaban J connectivity index is 1.24. The molecule has 208 valence electrons. The summed E-state index contributed by atoms with van der Waals surface area (Å²) < 4.78 is 78.3. The highest BCUT2D eigenvalue weighted by Gasteiger charge is 2.34. The van der Waals surface area contributed by atoms with Crippen molar-refractivity contribution in [1.82, 2.24) is 0 Å². The molecule has 0 bridgehead atoms. The lowest BCUT2D eigenvalue weighted by Crippen LogP contribution is -2.34. The van der Waals surface area contributed by atoms with Gasteiger partial charge in [-0.05, 0) is 67.9 Å². The van der Waals surface area contributed by atoms with E-state index in [-0.39, 0.29) is 30.7 Å². The second-order valence-electron chi connectivity index (χ2n) is 11.4. The SMILES string of the molecule is CCCCCC1CCC(C2COC(c3ccc(C4CCC(C(F)=CC(F)(F)F)CC4)c(F)c3)OC2)CC1. The Morgan fingerprint density at radius 3 is 2.19 bits per heavy atom. The van der Waals surface area contributed by atoms with Crippen LogP contribution in [0.4, 0.5) is 22.0 Å². The number of ether oxygens (including phenoxy) is 2. The second kappa shape index (κ2) is 13.1. The molecule has 0 spiro atoms. The van der Waals surface area contributed by atoms with Crippen LogP contribution in [0.15, 0.2) is 30.1 Å². The van der Waals surface area contributed by atoms with Crippen molar-refractivity contribution in [3.63, 3.8) is 0 Å². The van der Waals surface area contributed by atoms with Crippen LogP contribution in [0.25, 0.3) is 0 Å². The number of alkyl halides is 3. The van der Waals surface area contributed by atoms with Crippen LogP contribution in [0.3, 0.4) is 0 Å². The predicted octanol–water partition coefficient (Wildman–Crippen LogP) is 9.56. The van der Waals surface area contributed by atoms with Gasteiger partial charge < -0.3 is 9.47 Å². The van der Waals surface area contributed by atoms with Crippen molar-refractivity contribution in [2.75, 3.05) is 13.2 Å². The smallest absolute Gasteiger partial charge is 0.348 e. The topological polar surface area (TPSA) is 18.5 Å². The standard InChI is InChI=1S/C30H41F5O2/c1-2-3-4-5-20-6-8-21(9-7-20)25-18-36-29(37-19-25)24-14-15-26(27(31)16-24)22-10-12-23(13-11-22)28(32)17-30(33,34)35/h14-17,20-23,25,29H,2-13,18-19H2,1H3. The third-order valence-corrected chi connectivity index (χ3v) is 8.85. The highest BCUT2D eigenvalue weighted by Crippen LogP contribution is 2.42. The molecule has 1 aliphatic heterocycles. The van der Waals surface area contributed by atoms with Gasteiger partial charge in [-0.2, -0.15) is 13.2 Å². The van der Waals surface area contributed by atoms with E-state index in [4.69, 9.17) is 9.47 Å². The molecule has 3 aliphatic rings. The van der Waals surface area contributed by atoms with Crippen molar-refractivity contribution in [3.05, 3.63) is 47.0 Å². The summed E-state index contributed by atoms with van der Waals surface area (Å²) in [5, 5.41) is 0. The summed E-state index contributed by atoms with van der Waals surface area (Å²) in [6.45, 7) is 3.50. The molecule has 4 rings (SSSR count). The molecule has 37 heavy (non-hydrogen) atoms. The van der Waals surface area contributed by atoms with Gasteiger partial charge in [0.15, 0.2) is 6.29 Å². The first-order valence-electron chi connectivity index (χ1n) is 14.2. The maximum Gasteiger partial charge on any atom is 0.412 e. The van der Waals surface area contributed by atoms with Gasteiger partial charge in [-0.3, -0.25) is 0 Å². The zero-order valence-electron chi connectivity index (χ0n) is 21.9. The molecule has 3 fully saturated rings. The summed E-state index contributed by atoms with van der Waals surface area (Å²) in [5.74, 6) is -0.457. The van der Waals surface area contributed by atoms with Crippen LogP contribution in [0, 0.1) is 29.5 Å². The van der Waals surface area contributed by atoms with Gasteiger partial charge in [0, 0.05) is 17.4 Å². The number of unbranched alkanes of at least 4 members (excludes halogenated alkanes) is 2. The molecule has 2 saturated carbocycles. The fourth-order valence-electron chi connectivity index (χ4n) is 6.59. The Labute approximate surface area is 218 Å². The van der Waals surface area contributed by atoms with E-state index < -0.39 is 24.2 Å². The first-order chi connectivity index (χ1) is 17.7. The van der Waals surface area contributed by atoms with Crippen molar-refractivity contribution < 1.29 is 31.4 Å². The summed E-state index contributed by atoms with van der Waals surface area (Å²) in [5.41, 5.74) is 1.18. The zero-order chi connectivity index (χ0) is 26.4. The molecular weight excluding hydrogens is 487 g/mol. The van der Waals surface area contributed by atoms with Crippen molar-refractivity contribution in [1.29, 1.82) is 0 Å². The van der Waals surface area contributed by atoms with Crippen LogP contribution in [0.1, 0.15) is 107 Å². The van der Waals surface area contributed by atoms with E-state index in [2.05, 4.69) is 6.92 Å². The van der Waals surface area contributed by atoms with Crippen molar-refractivity contribution in [2.45, 2.75) is 102 Å². The van der Waals surface area contributed by atoms with E-state index in [1.165, 1.54) is 57.4 Å². The van der Waals surface area contributed by atoms with Gasteiger partial charge in [-0.15, -0.1) is 0 Å². The molecule has 1 heterocycles. The molecule has 2 aliphatic carbocycles. The highest BCUT2D eigenvalue weighted by molar-refractivity contribution is 5.29. The summed E-state index contributed by atoms with van der Waals surface area (Å²) in [6, 6.07) is 5.01. The number of hydrogen-bond donors (Lipinski definition) is 0. The third-order valence-electron chi connectivity index (χ3n) is 8.85. The lowest BCUT2D eigenvalue weighted by atomic mass is 9.74. The Morgan fingerprint density at radius 1 is 0.919 bits per heavy atom. The summed E-state index contributed by atoms with van der Waals surface area (Å²) >= 11 is 0. The van der Waals surface area contributed by atoms with Crippen molar-refractivity contribution >= 4 is 0 Å². The minimum atomic E-state index is -4.65. The van der Waals surface area contributed by atoms with Gasteiger partial charge in [0.05, 0.1) is 19.3 Å². The fourth-order valence-corrected chi connectivity index (χ4v) is 6.59. The molecule has 1 saturated heterocycles. The molecule has 1 aromatic rings. The van der Waals surface area contributed by atoms with Crippen LogP contribution in [0.5, 0.6) is 0 Å². The first kappa shape index (κ1) is 28.5. The maximum atomic E-state index is 15.0. The molecular formula is C30H41F5O2. The summed E-state index contributed by atoms with van der Waals surface area (Å²) in [7, 11) is 0. The molecule has 7 heteroatoms. The van der Waals surface area contributed by atoms with E-state index in [9.17, 15) is 17.6 Å². The van der Waals surface area contributed by atoms with Crippen LogP contribution in [-0.4, -0.2) is 19.4 Å². The van der Waals surface area contributed by atoms with Gasteiger partial charge in [0.25, 0.3) is 0 Å². The number of allylic oxidation sites excluding steroid dienone is 2. The molecule has 2 nitrogen and oxygen atoms in total. The monoisotopic (exact) mass is 528 g/mol. The van der Waals surface area contributed by atoms with E-state index in [0.717, 1.165) is 5.92 Å². The Bertz CT molecular complexity index is 874. The predicted molar refractivity (Wildman–Crippen MR) is 134 cm³/mol. The van der Waals surface area contributed by atoms with E-state index in [1.54, 1.807) is 6.07 Å². The molecule has 0 amide bonds. The molecule has 0 atom stereocenters. The lowest BCUT2D eigenvalue weighted by molar-refractivity contribution is -0.214. The van der Waals surface area contributed by atoms with Gasteiger partial charge in [-0.25, -0.2) is 8.78 Å². The number of benzene rings is 1. The van der Waals surface area contributed by atoms with Gasteiger partial charge in [-0.1, -0.05) is 57.6 Å². The Morgan fingerprint density at radius 2 is 1.59 bits per heavy atom. The number of hydrogen-bond acceptors (Lipinski definition) is 2. The van der Waals surface area contributed by atoms with Gasteiger partial charge in [0.2, 0.25) is 0 Å². The van der Waals surface area contributed by atoms with E-state index in [0.29, 0.717) is 49.0 Å². The summed E-state index contributed by atoms with van der Waals surface area (Å²) in [4.78, 5) is 0. The molecule has 0 radical (unpaired) electrons. The average Bonchev–Trinajstić information content (AvgIpc) is 2.88. The van der Waals surface area contributed by atoms with Crippen LogP contribution >= 0.6 is 0 Å². The van der Waals surface area contributed by atoms with Crippen molar-refractivity contribution in [2.24, 2.45) is 23.7 Å². The third kappa shape index (κ3) is 8.01. The highest BCUT2D eigenvalue weighted by atomic mass is 19.4. The molecule has 0 N–H and O–H groups in total. The lowest BCUT2D eigenvalue weighted by Gasteiger charge is -2.38. The van der Waals surface area contributed by atoms with Crippen molar-refractivity contribution in [3.8, 4) is 0 Å². The normalized spacial score (nSPS) is 31.9. The van der Waals surface area contributed by atoms with Gasteiger partial charge >= 0.3 is 6.18 Å². The fraction of sp³-hybridized carbons (Fsp3) is 0.733. The zero-order valence-corrected chi connectivity index (χ0v) is 21.9. The summed E-state index contributed by atoms with van der Waals surface area (Å²) in [6.07, 6.45) is 6.37. The van der Waals surface area contributed by atoms with E-state index in [1.807, 2.05) is 6.07 Å². The molecule has 0 unspecified atom stereocenters. The van der Waals surface area contributed by atoms with E-state index >= 15 is 4.39 Å². The first-order valence-corrected chi connectivity index (χ1v) is 14.2. The molecule has 0 aromatic heterocycles.